The Hall–Kier alpha value is -1.40. The van der Waals surface area contributed by atoms with Gasteiger partial charge in [-0.2, -0.15) is 0 Å². The van der Waals surface area contributed by atoms with Gasteiger partial charge in [0.1, 0.15) is 0 Å². The quantitative estimate of drug-likeness (QED) is 0.789. The molecule has 4 aliphatic carbocycles. The number of carbonyl (C=O) groups is 2. The SMILES string of the molecule is C[C@H](OC(=O)C12C[C@@H]3C[C@@H](CC(O)(C3)C1)C2)C(=O)NCc1cccs1. The van der Waals surface area contributed by atoms with Crippen molar-refractivity contribution in [2.75, 3.05) is 0 Å². The van der Waals surface area contributed by atoms with Crippen LogP contribution in [0, 0.1) is 17.3 Å². The Bertz CT molecular complexity index is 657. The molecule has 0 spiro atoms. The normalized spacial score (nSPS) is 36.9. The Morgan fingerprint density at radius 2 is 2.08 bits per heavy atom. The number of nitrogens with one attached hydrogen (secondary N) is 1. The molecule has 0 saturated heterocycles. The van der Waals surface area contributed by atoms with Crippen molar-refractivity contribution in [3.63, 3.8) is 0 Å². The maximum absolute atomic E-state index is 12.9. The minimum Gasteiger partial charge on any atom is -0.452 e. The van der Waals surface area contributed by atoms with E-state index in [0.717, 1.165) is 37.0 Å². The van der Waals surface area contributed by atoms with Gasteiger partial charge < -0.3 is 15.2 Å². The first-order valence-electron chi connectivity index (χ1n) is 9.11. The van der Waals surface area contributed by atoms with Gasteiger partial charge in [0.25, 0.3) is 5.91 Å². The summed E-state index contributed by atoms with van der Waals surface area (Å²) in [4.78, 5) is 26.2. The van der Waals surface area contributed by atoms with Crippen LogP contribution in [-0.4, -0.2) is 28.7 Å². The zero-order valence-electron chi connectivity index (χ0n) is 14.5. The summed E-state index contributed by atoms with van der Waals surface area (Å²) < 4.78 is 5.55. The van der Waals surface area contributed by atoms with Crippen molar-refractivity contribution < 1.29 is 19.4 Å². The molecule has 4 bridgehead atoms. The van der Waals surface area contributed by atoms with Crippen molar-refractivity contribution in [1.29, 1.82) is 0 Å². The predicted molar refractivity (Wildman–Crippen MR) is 93.8 cm³/mol. The number of aliphatic hydroxyl groups is 1. The number of thiophene rings is 1. The van der Waals surface area contributed by atoms with E-state index in [1.54, 1.807) is 18.3 Å². The summed E-state index contributed by atoms with van der Waals surface area (Å²) in [6, 6.07) is 3.89. The third-order valence-corrected chi connectivity index (χ3v) is 7.01. The predicted octanol–water partition coefficient (Wildman–Crippen LogP) is 2.63. The highest BCUT2D eigenvalue weighted by molar-refractivity contribution is 7.09. The van der Waals surface area contributed by atoms with Crippen LogP contribution in [0.2, 0.25) is 0 Å². The van der Waals surface area contributed by atoms with Gasteiger partial charge in [-0.3, -0.25) is 9.59 Å². The average molecular weight is 363 g/mol. The lowest BCUT2D eigenvalue weighted by molar-refractivity contribution is -0.200. The van der Waals surface area contributed by atoms with Crippen LogP contribution in [-0.2, 0) is 20.9 Å². The van der Waals surface area contributed by atoms with E-state index in [2.05, 4.69) is 5.32 Å². The highest BCUT2D eigenvalue weighted by Gasteiger charge is 2.61. The van der Waals surface area contributed by atoms with E-state index < -0.39 is 17.1 Å². The molecule has 25 heavy (non-hydrogen) atoms. The van der Waals surface area contributed by atoms with Crippen molar-refractivity contribution in [3.8, 4) is 0 Å². The molecule has 0 radical (unpaired) electrons. The average Bonchev–Trinajstić information content (AvgIpc) is 3.03. The van der Waals surface area contributed by atoms with Gasteiger partial charge >= 0.3 is 5.97 Å². The molecule has 2 N–H and O–H groups in total. The maximum Gasteiger partial charge on any atom is 0.312 e. The molecule has 5 rings (SSSR count). The number of rotatable bonds is 5. The van der Waals surface area contributed by atoms with Crippen LogP contribution in [0.1, 0.15) is 50.3 Å². The molecule has 136 valence electrons. The van der Waals surface area contributed by atoms with Gasteiger partial charge in [0.2, 0.25) is 0 Å². The Labute approximate surface area is 151 Å². The van der Waals surface area contributed by atoms with E-state index in [9.17, 15) is 14.7 Å². The molecule has 1 amide bonds. The standard InChI is InChI=1S/C19H25NO4S/c1-12(16(21)20-10-15-3-2-4-25-15)24-17(22)18-6-13-5-14(7-18)9-19(23,8-13)11-18/h2-4,12-14,23H,5-11H2,1H3,(H,20,21)/t12-,13-,14+,18?,19?/m0/s1. The number of esters is 1. The van der Waals surface area contributed by atoms with Gasteiger partial charge in [0.05, 0.1) is 17.6 Å². The summed E-state index contributed by atoms with van der Waals surface area (Å²) in [5.74, 6) is 0.271. The lowest BCUT2D eigenvalue weighted by Crippen LogP contribution is -2.59. The van der Waals surface area contributed by atoms with Crippen molar-refractivity contribution in [2.45, 2.75) is 63.7 Å². The number of hydrogen-bond donors (Lipinski definition) is 2. The Kier molecular flexibility index (Phi) is 4.15. The summed E-state index contributed by atoms with van der Waals surface area (Å²) >= 11 is 1.58. The summed E-state index contributed by atoms with van der Waals surface area (Å²) in [5.41, 5.74) is -1.28. The molecule has 1 aromatic rings. The zero-order valence-corrected chi connectivity index (χ0v) is 15.3. The second-order valence-electron chi connectivity index (χ2n) is 8.31. The van der Waals surface area contributed by atoms with E-state index in [1.807, 2.05) is 17.5 Å². The summed E-state index contributed by atoms with van der Waals surface area (Å²) in [6.07, 6.45) is 4.03. The van der Waals surface area contributed by atoms with Gasteiger partial charge in [0.15, 0.2) is 6.10 Å². The van der Waals surface area contributed by atoms with Gasteiger partial charge in [0, 0.05) is 4.88 Å². The Morgan fingerprint density at radius 3 is 2.68 bits per heavy atom. The second-order valence-corrected chi connectivity index (χ2v) is 9.34. The van der Waals surface area contributed by atoms with Gasteiger partial charge in [-0.25, -0.2) is 0 Å². The smallest absolute Gasteiger partial charge is 0.312 e. The van der Waals surface area contributed by atoms with E-state index in [1.165, 1.54) is 0 Å². The Morgan fingerprint density at radius 1 is 1.36 bits per heavy atom. The monoisotopic (exact) mass is 363 g/mol. The molecule has 0 aliphatic heterocycles. The zero-order chi connectivity index (χ0) is 17.7. The first kappa shape index (κ1) is 17.0. The van der Waals surface area contributed by atoms with E-state index in [0.29, 0.717) is 24.8 Å². The van der Waals surface area contributed by atoms with Gasteiger partial charge in [-0.1, -0.05) is 6.07 Å². The number of amides is 1. The molecule has 4 saturated carbocycles. The largest absolute Gasteiger partial charge is 0.452 e. The molecule has 4 fully saturated rings. The molecular formula is C19H25NO4S. The molecule has 6 heteroatoms. The first-order valence-corrected chi connectivity index (χ1v) is 9.99. The van der Waals surface area contributed by atoms with E-state index in [4.69, 9.17) is 4.74 Å². The topological polar surface area (TPSA) is 75.6 Å². The minimum atomic E-state index is -0.810. The number of ether oxygens (including phenoxy) is 1. The summed E-state index contributed by atoms with van der Waals surface area (Å²) in [7, 11) is 0. The van der Waals surface area contributed by atoms with Crippen LogP contribution in [0.3, 0.4) is 0 Å². The van der Waals surface area contributed by atoms with Crippen LogP contribution >= 0.6 is 11.3 Å². The molecule has 1 aromatic heterocycles. The molecule has 1 heterocycles. The van der Waals surface area contributed by atoms with Crippen molar-refractivity contribution in [1.82, 2.24) is 5.32 Å². The van der Waals surface area contributed by atoms with Crippen LogP contribution < -0.4 is 5.32 Å². The molecule has 2 unspecified atom stereocenters. The highest BCUT2D eigenvalue weighted by Crippen LogP contribution is 2.62. The minimum absolute atomic E-state index is 0.273. The second kappa shape index (κ2) is 6.09. The first-order chi connectivity index (χ1) is 11.9. The highest BCUT2D eigenvalue weighted by atomic mass is 32.1. The lowest BCUT2D eigenvalue weighted by atomic mass is 9.48. The molecule has 5 atom stereocenters. The van der Waals surface area contributed by atoms with Crippen LogP contribution in [0.25, 0.3) is 0 Å². The van der Waals surface area contributed by atoms with Crippen molar-refractivity contribution >= 4 is 23.2 Å². The van der Waals surface area contributed by atoms with Crippen LogP contribution in [0.15, 0.2) is 17.5 Å². The molecule has 4 aliphatic rings. The maximum atomic E-state index is 12.9. The summed E-state index contributed by atoms with van der Waals surface area (Å²) in [6.45, 7) is 2.07. The fourth-order valence-electron chi connectivity index (χ4n) is 5.52. The van der Waals surface area contributed by atoms with Crippen molar-refractivity contribution in [3.05, 3.63) is 22.4 Å². The fourth-order valence-corrected chi connectivity index (χ4v) is 6.17. The fraction of sp³-hybridized carbons (Fsp3) is 0.684. The molecule has 0 aromatic carbocycles. The summed E-state index contributed by atoms with van der Waals surface area (Å²) in [5, 5.41) is 15.5. The van der Waals surface area contributed by atoms with E-state index in [-0.39, 0.29) is 11.9 Å². The number of carbonyl (C=O) groups excluding carboxylic acids is 2. The lowest BCUT2D eigenvalue weighted by Gasteiger charge is -2.58. The molecular weight excluding hydrogens is 338 g/mol. The van der Waals surface area contributed by atoms with Crippen LogP contribution in [0.5, 0.6) is 0 Å². The third-order valence-electron chi connectivity index (χ3n) is 6.13. The molecule has 5 nitrogen and oxygen atoms in total. The van der Waals surface area contributed by atoms with Crippen molar-refractivity contribution in [2.24, 2.45) is 17.3 Å². The van der Waals surface area contributed by atoms with E-state index >= 15 is 0 Å². The Balaban J connectivity index is 1.37. The third kappa shape index (κ3) is 3.22. The van der Waals surface area contributed by atoms with Crippen LogP contribution in [0.4, 0.5) is 0 Å². The van der Waals surface area contributed by atoms with Gasteiger partial charge in [-0.05, 0) is 68.7 Å². The van der Waals surface area contributed by atoms with Gasteiger partial charge in [-0.15, -0.1) is 11.3 Å². The number of hydrogen-bond acceptors (Lipinski definition) is 5.